The van der Waals surface area contributed by atoms with Gasteiger partial charge in [0, 0.05) is 24.0 Å². The summed E-state index contributed by atoms with van der Waals surface area (Å²) in [5.74, 6) is 0.0415. The normalized spacial score (nSPS) is 16.0. The third-order valence-electron chi connectivity index (χ3n) is 3.90. The fourth-order valence-corrected chi connectivity index (χ4v) is 5.50. The molecule has 1 aliphatic rings. The van der Waals surface area contributed by atoms with Crippen molar-refractivity contribution in [1.82, 2.24) is 10.0 Å². The van der Waals surface area contributed by atoms with Crippen molar-refractivity contribution < 1.29 is 13.2 Å². The smallest absolute Gasteiger partial charge is 0.263 e. The molecule has 0 saturated heterocycles. The first kappa shape index (κ1) is 17.6. The fraction of sp³-hybridized carbons (Fsp3) is 0.400. The molecule has 2 aromatic heterocycles. The lowest BCUT2D eigenvalue weighted by atomic mass is 10.2. The Labute approximate surface area is 149 Å². The molecule has 3 rings (SSSR count). The van der Waals surface area contributed by atoms with Crippen molar-refractivity contribution in [3.8, 4) is 0 Å². The van der Waals surface area contributed by atoms with Crippen LogP contribution in [0.1, 0.15) is 27.4 Å². The highest BCUT2D eigenvalue weighted by atomic mass is 32.2. The molecule has 1 amide bonds. The minimum Gasteiger partial charge on any atom is -0.347 e. The van der Waals surface area contributed by atoms with Crippen LogP contribution < -0.4 is 15.8 Å². The van der Waals surface area contributed by atoms with E-state index in [1.54, 1.807) is 5.38 Å². The van der Waals surface area contributed by atoms with E-state index in [2.05, 4.69) is 10.0 Å². The number of carbonyl (C=O) groups is 1. The van der Waals surface area contributed by atoms with E-state index in [-0.39, 0.29) is 28.3 Å². The molecule has 1 fully saturated rings. The van der Waals surface area contributed by atoms with Crippen molar-refractivity contribution in [2.45, 2.75) is 30.3 Å². The molecular formula is C15H19N3O3S3. The average molecular weight is 386 g/mol. The number of carbonyl (C=O) groups excluding carboxylic acids is 1. The van der Waals surface area contributed by atoms with E-state index in [1.165, 1.54) is 17.4 Å². The van der Waals surface area contributed by atoms with Gasteiger partial charge in [-0.1, -0.05) is 6.07 Å². The predicted octanol–water partition coefficient (Wildman–Crippen LogP) is 1.76. The quantitative estimate of drug-likeness (QED) is 0.644. The zero-order valence-corrected chi connectivity index (χ0v) is 15.3. The number of nitrogens with one attached hydrogen (secondary N) is 2. The molecule has 1 atom stereocenters. The summed E-state index contributed by atoms with van der Waals surface area (Å²) >= 11 is 2.60. The SMILES string of the molecule is NCC(NC(=O)c1sccc1S(=O)(=O)NCc1cccs1)C1CC1. The second-order valence-electron chi connectivity index (χ2n) is 5.67. The topological polar surface area (TPSA) is 101 Å². The molecule has 0 bridgehead atoms. The Morgan fingerprint density at radius 3 is 2.71 bits per heavy atom. The van der Waals surface area contributed by atoms with Gasteiger partial charge in [0.25, 0.3) is 5.91 Å². The zero-order valence-electron chi connectivity index (χ0n) is 12.9. The Morgan fingerprint density at radius 2 is 2.08 bits per heavy atom. The maximum absolute atomic E-state index is 12.5. The van der Waals surface area contributed by atoms with Crippen molar-refractivity contribution in [2.75, 3.05) is 6.54 Å². The molecule has 1 aliphatic carbocycles. The van der Waals surface area contributed by atoms with Gasteiger partial charge in [0.1, 0.15) is 9.77 Å². The lowest BCUT2D eigenvalue weighted by Crippen LogP contribution is -2.42. The van der Waals surface area contributed by atoms with E-state index in [9.17, 15) is 13.2 Å². The Morgan fingerprint density at radius 1 is 1.29 bits per heavy atom. The number of amides is 1. The molecule has 1 unspecified atom stereocenters. The summed E-state index contributed by atoms with van der Waals surface area (Å²) in [7, 11) is -3.74. The minimum absolute atomic E-state index is 0.0214. The summed E-state index contributed by atoms with van der Waals surface area (Å²) in [5.41, 5.74) is 5.70. The molecular weight excluding hydrogens is 366 g/mol. The first-order valence-corrected chi connectivity index (χ1v) is 10.9. The Hall–Kier alpha value is -1.26. The van der Waals surface area contributed by atoms with Crippen molar-refractivity contribution in [3.63, 3.8) is 0 Å². The van der Waals surface area contributed by atoms with Crippen LogP contribution in [0, 0.1) is 5.92 Å². The van der Waals surface area contributed by atoms with E-state index < -0.39 is 10.0 Å². The highest BCUT2D eigenvalue weighted by Crippen LogP contribution is 2.32. The van der Waals surface area contributed by atoms with Crippen molar-refractivity contribution >= 4 is 38.6 Å². The summed E-state index contributed by atoms with van der Waals surface area (Å²) in [6, 6.07) is 5.10. The van der Waals surface area contributed by atoms with Crippen LogP contribution in [0.15, 0.2) is 33.9 Å². The number of nitrogens with two attached hydrogens (primary N) is 1. The first-order chi connectivity index (χ1) is 11.5. The first-order valence-electron chi connectivity index (χ1n) is 7.61. The van der Waals surface area contributed by atoms with Gasteiger partial charge < -0.3 is 11.1 Å². The third kappa shape index (κ3) is 4.04. The molecule has 0 spiro atoms. The van der Waals surface area contributed by atoms with Gasteiger partial charge in [0.15, 0.2) is 0 Å². The zero-order chi connectivity index (χ0) is 17.2. The highest BCUT2D eigenvalue weighted by Gasteiger charge is 2.33. The summed E-state index contributed by atoms with van der Waals surface area (Å²) in [6.07, 6.45) is 2.11. The molecule has 2 heterocycles. The van der Waals surface area contributed by atoms with E-state index in [4.69, 9.17) is 5.73 Å². The van der Waals surface area contributed by atoms with Crippen LogP contribution in [0.2, 0.25) is 0 Å². The van der Waals surface area contributed by atoms with Gasteiger partial charge in [0.05, 0.1) is 0 Å². The van der Waals surface area contributed by atoms with Crippen molar-refractivity contribution in [1.29, 1.82) is 0 Å². The summed E-state index contributed by atoms with van der Waals surface area (Å²) in [6.45, 7) is 0.574. The molecule has 1 saturated carbocycles. The van der Waals surface area contributed by atoms with Crippen LogP contribution in [-0.4, -0.2) is 26.9 Å². The summed E-state index contributed by atoms with van der Waals surface area (Å²) < 4.78 is 27.6. The summed E-state index contributed by atoms with van der Waals surface area (Å²) in [4.78, 5) is 13.6. The van der Waals surface area contributed by atoms with E-state index in [0.29, 0.717) is 12.5 Å². The van der Waals surface area contributed by atoms with Gasteiger partial charge in [0.2, 0.25) is 10.0 Å². The van der Waals surface area contributed by atoms with Gasteiger partial charge in [-0.25, -0.2) is 13.1 Å². The van der Waals surface area contributed by atoms with Crippen molar-refractivity contribution in [3.05, 3.63) is 38.7 Å². The van der Waals surface area contributed by atoms with Crippen LogP contribution in [0.25, 0.3) is 0 Å². The standard InChI is InChI=1S/C15H19N3O3S3/c16-8-12(10-3-4-10)18-15(19)14-13(5-7-23-14)24(20,21)17-9-11-2-1-6-22-11/h1-2,5-7,10,12,17H,3-4,8-9,16H2,(H,18,19). The van der Waals surface area contributed by atoms with Gasteiger partial charge in [-0.15, -0.1) is 22.7 Å². The number of rotatable bonds is 8. The Bertz CT molecular complexity index is 795. The van der Waals surface area contributed by atoms with Crippen LogP contribution in [-0.2, 0) is 16.6 Å². The molecule has 130 valence electrons. The van der Waals surface area contributed by atoms with Gasteiger partial charge >= 0.3 is 0 Å². The minimum atomic E-state index is -3.74. The Kier molecular flexibility index (Phi) is 5.36. The fourth-order valence-electron chi connectivity index (χ4n) is 2.43. The number of hydrogen-bond acceptors (Lipinski definition) is 6. The maximum Gasteiger partial charge on any atom is 0.263 e. The average Bonchev–Trinajstić information content (AvgIpc) is 3.05. The van der Waals surface area contributed by atoms with Crippen LogP contribution in [0.5, 0.6) is 0 Å². The Balaban J connectivity index is 1.72. The van der Waals surface area contributed by atoms with Crippen LogP contribution >= 0.6 is 22.7 Å². The van der Waals surface area contributed by atoms with Crippen LogP contribution in [0.4, 0.5) is 0 Å². The predicted molar refractivity (Wildman–Crippen MR) is 95.7 cm³/mol. The molecule has 6 nitrogen and oxygen atoms in total. The number of sulfonamides is 1. The van der Waals surface area contributed by atoms with Gasteiger partial charge in [-0.3, -0.25) is 4.79 Å². The molecule has 24 heavy (non-hydrogen) atoms. The monoisotopic (exact) mass is 385 g/mol. The largest absolute Gasteiger partial charge is 0.347 e. The second-order valence-corrected chi connectivity index (χ2v) is 9.35. The molecule has 4 N–H and O–H groups in total. The lowest BCUT2D eigenvalue weighted by Gasteiger charge is -2.16. The van der Waals surface area contributed by atoms with Gasteiger partial charge in [-0.2, -0.15) is 0 Å². The number of thiophene rings is 2. The van der Waals surface area contributed by atoms with Crippen molar-refractivity contribution in [2.24, 2.45) is 11.7 Å². The second kappa shape index (κ2) is 7.32. The molecule has 9 heteroatoms. The van der Waals surface area contributed by atoms with E-state index in [0.717, 1.165) is 29.1 Å². The highest BCUT2D eigenvalue weighted by molar-refractivity contribution is 7.89. The molecule has 0 aromatic carbocycles. The summed E-state index contributed by atoms with van der Waals surface area (Å²) in [5, 5.41) is 6.37. The lowest BCUT2D eigenvalue weighted by molar-refractivity contribution is 0.0934. The molecule has 2 aromatic rings. The molecule has 0 radical (unpaired) electrons. The van der Waals surface area contributed by atoms with E-state index >= 15 is 0 Å². The van der Waals surface area contributed by atoms with Gasteiger partial charge in [-0.05, 0) is 41.7 Å². The third-order valence-corrected chi connectivity index (χ3v) is 7.27. The molecule has 0 aliphatic heterocycles. The number of hydrogen-bond donors (Lipinski definition) is 3. The van der Waals surface area contributed by atoms with E-state index in [1.807, 2.05) is 17.5 Å². The maximum atomic E-state index is 12.5. The van der Waals surface area contributed by atoms with Crippen LogP contribution in [0.3, 0.4) is 0 Å².